The van der Waals surface area contributed by atoms with Crippen LogP contribution in [0.1, 0.15) is 42.0 Å². The second-order valence-electron chi connectivity index (χ2n) is 11.9. The molecule has 0 spiro atoms. The Hall–Kier alpha value is -5.32. The van der Waals surface area contributed by atoms with Gasteiger partial charge in [0.25, 0.3) is 17.7 Å². The number of hydrogen-bond acceptors (Lipinski definition) is 9. The van der Waals surface area contributed by atoms with Crippen LogP contribution in [0, 0.1) is 12.8 Å². The summed E-state index contributed by atoms with van der Waals surface area (Å²) in [4.78, 5) is 42.1. The van der Waals surface area contributed by atoms with E-state index in [0.717, 1.165) is 63.6 Å². The molecule has 1 saturated heterocycles. The molecule has 1 aliphatic carbocycles. The zero-order valence-corrected chi connectivity index (χ0v) is 25.9. The van der Waals surface area contributed by atoms with Crippen LogP contribution in [-0.4, -0.2) is 66.3 Å². The summed E-state index contributed by atoms with van der Waals surface area (Å²) in [6.07, 6.45) is 4.79. The SMILES string of the molecule is COc1ccc(/C=C2\CCC[C@@H]3C2=NN(C(=O)CN2N=N[C@@H]4C(=O)N(c5ccc(C)cc5)C(=O)[C@@H]42)[C@@H]3c2ccc(OC)cc2)cc1. The van der Waals surface area contributed by atoms with E-state index in [-0.39, 0.29) is 24.4 Å². The van der Waals surface area contributed by atoms with Crippen molar-refractivity contribution in [2.75, 3.05) is 25.7 Å². The summed E-state index contributed by atoms with van der Waals surface area (Å²) in [5.41, 5.74) is 5.41. The Bertz CT molecular complexity index is 1770. The predicted molar refractivity (Wildman–Crippen MR) is 171 cm³/mol. The molecule has 0 unspecified atom stereocenters. The van der Waals surface area contributed by atoms with Crippen molar-refractivity contribution in [1.82, 2.24) is 10.0 Å². The quantitative estimate of drug-likeness (QED) is 0.339. The third-order valence-corrected chi connectivity index (χ3v) is 9.12. The van der Waals surface area contributed by atoms with Crippen molar-refractivity contribution in [3.05, 3.63) is 95.1 Å². The van der Waals surface area contributed by atoms with Gasteiger partial charge in [0, 0.05) is 5.92 Å². The topological polar surface area (TPSA) is 116 Å². The smallest absolute Gasteiger partial charge is 0.264 e. The molecule has 4 atom stereocenters. The molecule has 0 aromatic heterocycles. The molecule has 3 aliphatic heterocycles. The summed E-state index contributed by atoms with van der Waals surface area (Å²) >= 11 is 0. The second kappa shape index (κ2) is 11.9. The average Bonchev–Trinajstić information content (AvgIpc) is 3.75. The average molecular weight is 619 g/mol. The molecule has 11 heteroatoms. The predicted octanol–water partition coefficient (Wildman–Crippen LogP) is 5.13. The minimum absolute atomic E-state index is 0.0183. The zero-order valence-electron chi connectivity index (χ0n) is 25.9. The number of hydrogen-bond donors (Lipinski definition) is 0. The Morgan fingerprint density at radius 2 is 1.57 bits per heavy atom. The number of methoxy groups -OCH3 is 2. The van der Waals surface area contributed by atoms with E-state index in [1.165, 1.54) is 10.0 Å². The minimum atomic E-state index is -0.995. The summed E-state index contributed by atoms with van der Waals surface area (Å²) in [7, 11) is 3.26. The van der Waals surface area contributed by atoms with Gasteiger partial charge < -0.3 is 9.47 Å². The number of benzene rings is 3. The summed E-state index contributed by atoms with van der Waals surface area (Å²) in [5, 5.41) is 16.1. The number of carbonyl (C=O) groups is 3. The first kappa shape index (κ1) is 29.4. The minimum Gasteiger partial charge on any atom is -0.497 e. The number of allylic oxidation sites excluding steroid dienone is 1. The van der Waals surface area contributed by atoms with E-state index in [4.69, 9.17) is 14.6 Å². The first-order chi connectivity index (χ1) is 22.4. The van der Waals surface area contributed by atoms with Crippen LogP contribution in [0.25, 0.3) is 6.08 Å². The Balaban J connectivity index is 1.18. The maximum Gasteiger partial charge on any atom is 0.264 e. The zero-order chi connectivity index (χ0) is 31.9. The van der Waals surface area contributed by atoms with E-state index >= 15 is 0 Å². The molecule has 3 aromatic rings. The van der Waals surface area contributed by atoms with Gasteiger partial charge in [-0.25, -0.2) is 9.91 Å². The number of amides is 3. The van der Waals surface area contributed by atoms with Crippen molar-refractivity contribution in [3.63, 3.8) is 0 Å². The van der Waals surface area contributed by atoms with Crippen LogP contribution in [-0.2, 0) is 14.4 Å². The molecule has 1 saturated carbocycles. The van der Waals surface area contributed by atoms with Gasteiger partial charge >= 0.3 is 0 Å². The van der Waals surface area contributed by atoms with Gasteiger partial charge in [0.2, 0.25) is 0 Å². The first-order valence-electron chi connectivity index (χ1n) is 15.4. The van der Waals surface area contributed by atoms with Gasteiger partial charge in [-0.2, -0.15) is 10.2 Å². The lowest BCUT2D eigenvalue weighted by molar-refractivity contribution is -0.136. The van der Waals surface area contributed by atoms with Crippen molar-refractivity contribution < 1.29 is 23.9 Å². The molecular weight excluding hydrogens is 584 g/mol. The van der Waals surface area contributed by atoms with Crippen molar-refractivity contribution in [2.24, 2.45) is 21.4 Å². The Kier molecular flexibility index (Phi) is 7.59. The Morgan fingerprint density at radius 1 is 0.891 bits per heavy atom. The maximum atomic E-state index is 14.2. The van der Waals surface area contributed by atoms with Crippen LogP contribution in [0.4, 0.5) is 5.69 Å². The maximum absolute atomic E-state index is 14.2. The number of fused-ring (bicyclic) bond motifs is 2. The van der Waals surface area contributed by atoms with Gasteiger partial charge in [-0.05, 0) is 85.4 Å². The monoisotopic (exact) mass is 618 g/mol. The highest BCUT2D eigenvalue weighted by atomic mass is 16.5. The fourth-order valence-electron chi connectivity index (χ4n) is 6.76. The van der Waals surface area contributed by atoms with Crippen LogP contribution in [0.3, 0.4) is 0 Å². The number of nitrogens with zero attached hydrogens (tertiary/aromatic N) is 6. The number of imide groups is 1. The summed E-state index contributed by atoms with van der Waals surface area (Å²) < 4.78 is 10.7. The third kappa shape index (κ3) is 5.11. The van der Waals surface area contributed by atoms with E-state index in [1.807, 2.05) is 67.6 Å². The second-order valence-corrected chi connectivity index (χ2v) is 11.9. The lowest BCUT2D eigenvalue weighted by atomic mass is 9.77. The highest BCUT2D eigenvalue weighted by Crippen LogP contribution is 2.45. The van der Waals surface area contributed by atoms with Gasteiger partial charge in [-0.3, -0.25) is 19.4 Å². The van der Waals surface area contributed by atoms with Crippen LogP contribution in [0.5, 0.6) is 11.5 Å². The van der Waals surface area contributed by atoms with Crippen molar-refractivity contribution in [2.45, 2.75) is 44.3 Å². The number of hydrazone groups is 1. The molecule has 7 rings (SSSR count). The third-order valence-electron chi connectivity index (χ3n) is 9.12. The largest absolute Gasteiger partial charge is 0.497 e. The fraction of sp³-hybridized carbons (Fsp3) is 0.314. The molecule has 3 heterocycles. The van der Waals surface area contributed by atoms with Crippen molar-refractivity contribution >= 4 is 35.2 Å². The van der Waals surface area contributed by atoms with Gasteiger partial charge in [-0.15, -0.1) is 0 Å². The lowest BCUT2D eigenvalue weighted by Gasteiger charge is -2.30. The highest BCUT2D eigenvalue weighted by Gasteiger charge is 2.55. The molecule has 3 amide bonds. The van der Waals surface area contributed by atoms with E-state index in [1.54, 1.807) is 26.4 Å². The molecule has 3 aromatic carbocycles. The van der Waals surface area contributed by atoms with Crippen LogP contribution >= 0.6 is 0 Å². The molecule has 234 valence electrons. The molecule has 4 aliphatic rings. The van der Waals surface area contributed by atoms with E-state index in [9.17, 15) is 14.4 Å². The highest BCUT2D eigenvalue weighted by molar-refractivity contribution is 6.25. The molecule has 0 bridgehead atoms. The van der Waals surface area contributed by atoms with Crippen molar-refractivity contribution in [3.8, 4) is 11.5 Å². The van der Waals surface area contributed by atoms with Gasteiger partial charge in [0.1, 0.15) is 18.0 Å². The Morgan fingerprint density at radius 3 is 2.24 bits per heavy atom. The molecular formula is C35H34N6O5. The summed E-state index contributed by atoms with van der Waals surface area (Å²) in [6.45, 7) is 1.68. The molecule has 0 radical (unpaired) electrons. The molecule has 46 heavy (non-hydrogen) atoms. The van der Waals surface area contributed by atoms with E-state index in [2.05, 4.69) is 16.4 Å². The van der Waals surface area contributed by atoms with E-state index < -0.39 is 23.9 Å². The number of carbonyl (C=O) groups excluding carboxylic acids is 3. The number of aryl methyl sites for hydroxylation is 1. The van der Waals surface area contributed by atoms with Crippen molar-refractivity contribution in [1.29, 1.82) is 0 Å². The van der Waals surface area contributed by atoms with E-state index in [0.29, 0.717) is 5.69 Å². The summed E-state index contributed by atoms with van der Waals surface area (Å²) in [6, 6.07) is 20.4. The van der Waals surface area contributed by atoms with Crippen LogP contribution < -0.4 is 14.4 Å². The van der Waals surface area contributed by atoms with Gasteiger partial charge in [0.05, 0.1) is 31.7 Å². The van der Waals surface area contributed by atoms with Gasteiger partial charge in [0.15, 0.2) is 12.1 Å². The number of anilines is 1. The standard InChI is InChI=1S/C35H34N6O5/c1-21-7-13-25(14-8-21)40-34(43)31-33(35(40)44)39(38-36-31)20-29(42)41-32(23-11-17-27(46-3)18-12-23)28-6-4-5-24(30(28)37-41)19-22-9-15-26(45-2)16-10-22/h7-19,28,31-33H,4-6,20H2,1-3H3/b24-19+/t28-,31+,32-,33-/m1/s1. The Labute approximate surface area is 266 Å². The van der Waals surface area contributed by atoms with Crippen LogP contribution in [0.2, 0.25) is 0 Å². The molecule has 0 N–H and O–H groups in total. The first-order valence-corrected chi connectivity index (χ1v) is 15.4. The van der Waals surface area contributed by atoms with Gasteiger partial charge in [-0.1, -0.05) is 47.2 Å². The molecule has 2 fully saturated rings. The summed E-state index contributed by atoms with van der Waals surface area (Å²) in [5.74, 6) is 0.249. The number of rotatable bonds is 7. The molecule has 11 nitrogen and oxygen atoms in total. The fourth-order valence-corrected chi connectivity index (χ4v) is 6.76. The normalized spacial score (nSPS) is 24.4. The van der Waals surface area contributed by atoms with Crippen LogP contribution in [0.15, 0.2) is 93.8 Å². The lowest BCUT2D eigenvalue weighted by Crippen LogP contribution is -2.45. The number of ether oxygens (including phenoxy) is 2.